The van der Waals surface area contributed by atoms with Crippen molar-refractivity contribution in [3.63, 3.8) is 0 Å². The summed E-state index contributed by atoms with van der Waals surface area (Å²) in [6.07, 6.45) is 3.69. The van der Waals surface area contributed by atoms with Crippen LogP contribution in [0.5, 0.6) is 0 Å². The van der Waals surface area contributed by atoms with Gasteiger partial charge in [-0.15, -0.1) is 0 Å². The number of aromatic nitrogens is 4. The summed E-state index contributed by atoms with van der Waals surface area (Å²) in [5.41, 5.74) is 22.9. The van der Waals surface area contributed by atoms with Gasteiger partial charge in [0.15, 0.2) is 0 Å². The molecule has 0 fully saturated rings. The zero-order chi connectivity index (χ0) is 66.0. The van der Waals surface area contributed by atoms with Crippen LogP contribution in [0.15, 0.2) is 364 Å². The molecule has 0 bridgehead atoms. The van der Waals surface area contributed by atoms with Crippen molar-refractivity contribution in [1.82, 2.24) is 19.9 Å². The van der Waals surface area contributed by atoms with E-state index < -0.39 is 0 Å². The van der Waals surface area contributed by atoms with Gasteiger partial charge in [0.05, 0.1) is 34.2 Å². The maximum atomic E-state index is 5.64. The highest BCUT2D eigenvalue weighted by Crippen LogP contribution is 2.49. The van der Waals surface area contributed by atoms with E-state index in [0.29, 0.717) is 0 Å². The fraction of sp³-hybridized carbons (Fsp3) is 0. The molecule has 0 saturated carbocycles. The molecule has 4 aromatic heterocycles. The van der Waals surface area contributed by atoms with E-state index in [9.17, 15) is 0 Å². The van der Waals surface area contributed by atoms with Gasteiger partial charge in [0, 0.05) is 23.5 Å². The summed E-state index contributed by atoms with van der Waals surface area (Å²) in [7, 11) is 0. The summed E-state index contributed by atoms with van der Waals surface area (Å²) >= 11 is 0. The predicted octanol–water partition coefficient (Wildman–Crippen LogP) is 25.7. The SMILES string of the molecule is c1ccc(-c2c3ccccc3c(-c3ccc4ccccc4c3)c3cc(-c4cc(-c5ccc6c(-c7ccc(-c8ccc9ccccc9c8)cc7)c7ccc(-c8cccc(-c9ccccn9)n8)cc7c(-c7ccc(-c8ccc9ccccc9c8)cc7)c6c5)nc(-c5ccccn5)c4)ccc23)cc1. The van der Waals surface area contributed by atoms with Gasteiger partial charge < -0.3 is 0 Å². The molecule has 4 heteroatoms. The summed E-state index contributed by atoms with van der Waals surface area (Å²) in [6, 6.07) is 128. The van der Waals surface area contributed by atoms with Crippen molar-refractivity contribution in [2.75, 3.05) is 0 Å². The van der Waals surface area contributed by atoms with Crippen molar-refractivity contribution in [3.8, 4) is 123 Å². The van der Waals surface area contributed by atoms with E-state index in [1.54, 1.807) is 0 Å². The highest BCUT2D eigenvalue weighted by Gasteiger charge is 2.23. The fourth-order valence-corrected chi connectivity index (χ4v) is 15.2. The Morgan fingerprint density at radius 1 is 0.140 bits per heavy atom. The third-order valence-electron chi connectivity index (χ3n) is 20.1. The van der Waals surface area contributed by atoms with Gasteiger partial charge in [-0.2, -0.15) is 0 Å². The molecule has 0 N–H and O–H groups in total. The number of hydrogen-bond acceptors (Lipinski definition) is 4. The van der Waals surface area contributed by atoms with Crippen LogP contribution >= 0.6 is 0 Å². The van der Waals surface area contributed by atoms with Gasteiger partial charge in [-0.1, -0.05) is 267 Å². The Bertz CT molecular complexity index is 6420. The van der Waals surface area contributed by atoms with Gasteiger partial charge in [0.25, 0.3) is 0 Å². The van der Waals surface area contributed by atoms with Crippen molar-refractivity contribution >= 4 is 75.4 Å². The lowest BCUT2D eigenvalue weighted by atomic mass is 9.83. The van der Waals surface area contributed by atoms with Crippen molar-refractivity contribution in [2.45, 2.75) is 0 Å². The Kier molecular flexibility index (Phi) is 14.2. The maximum absolute atomic E-state index is 5.64. The Morgan fingerprint density at radius 3 is 1.00 bits per heavy atom. The number of pyridine rings is 4. The second-order valence-electron chi connectivity index (χ2n) is 26.0. The first-order valence-corrected chi connectivity index (χ1v) is 34.1. The molecule has 0 radical (unpaired) electrons. The number of benzene rings is 15. The van der Waals surface area contributed by atoms with Gasteiger partial charge in [-0.25, -0.2) is 9.97 Å². The normalized spacial score (nSPS) is 11.6. The number of fused-ring (bicyclic) bond motifs is 7. The first kappa shape index (κ1) is 58.1. The van der Waals surface area contributed by atoms with Crippen LogP contribution in [0.25, 0.3) is 199 Å². The lowest BCUT2D eigenvalue weighted by Gasteiger charge is -2.20. The second-order valence-corrected chi connectivity index (χ2v) is 26.0. The van der Waals surface area contributed by atoms with E-state index >= 15 is 0 Å². The quantitative estimate of drug-likeness (QED) is 0.121. The van der Waals surface area contributed by atoms with Crippen LogP contribution in [-0.4, -0.2) is 19.9 Å². The van der Waals surface area contributed by atoms with Crippen molar-refractivity contribution in [2.24, 2.45) is 0 Å². The monoisotopic (exact) mass is 1270 g/mol. The summed E-state index contributed by atoms with van der Waals surface area (Å²) in [6.45, 7) is 0. The molecule has 0 aliphatic heterocycles. The van der Waals surface area contributed by atoms with Gasteiger partial charge in [0.1, 0.15) is 0 Å². The second kappa shape index (κ2) is 24.4. The van der Waals surface area contributed by atoms with Crippen LogP contribution in [0.2, 0.25) is 0 Å². The molecular weight excluding hydrogens is 1210 g/mol. The molecule has 19 rings (SSSR count). The minimum absolute atomic E-state index is 0.784. The number of nitrogens with zero attached hydrogens (tertiary/aromatic N) is 4. The largest absolute Gasteiger partial charge is 0.255 e. The van der Waals surface area contributed by atoms with Crippen LogP contribution in [0.1, 0.15) is 0 Å². The molecule has 0 amide bonds. The van der Waals surface area contributed by atoms with Gasteiger partial charge in [-0.3, -0.25) is 9.97 Å². The van der Waals surface area contributed by atoms with Gasteiger partial charge >= 0.3 is 0 Å². The molecule has 0 aliphatic rings. The Morgan fingerprint density at radius 2 is 0.470 bits per heavy atom. The molecule has 4 heterocycles. The van der Waals surface area contributed by atoms with Crippen LogP contribution in [0.4, 0.5) is 0 Å². The number of hydrogen-bond donors (Lipinski definition) is 0. The minimum atomic E-state index is 0.784. The third kappa shape index (κ3) is 10.4. The van der Waals surface area contributed by atoms with Crippen LogP contribution < -0.4 is 0 Å². The summed E-state index contributed by atoms with van der Waals surface area (Å²) in [5.74, 6) is 0. The van der Waals surface area contributed by atoms with Crippen molar-refractivity contribution < 1.29 is 0 Å². The average molecular weight is 1270 g/mol. The van der Waals surface area contributed by atoms with Crippen LogP contribution in [0.3, 0.4) is 0 Å². The lowest BCUT2D eigenvalue weighted by molar-refractivity contribution is 1.25. The Hall–Kier alpha value is -13.3. The van der Waals surface area contributed by atoms with Crippen LogP contribution in [-0.2, 0) is 0 Å². The molecule has 15 aromatic carbocycles. The van der Waals surface area contributed by atoms with E-state index in [0.717, 1.165) is 111 Å². The minimum Gasteiger partial charge on any atom is -0.255 e. The van der Waals surface area contributed by atoms with E-state index in [2.05, 4.69) is 315 Å². The van der Waals surface area contributed by atoms with E-state index in [4.69, 9.17) is 19.9 Å². The molecule has 0 saturated heterocycles. The summed E-state index contributed by atoms with van der Waals surface area (Å²) < 4.78 is 0. The van der Waals surface area contributed by atoms with Gasteiger partial charge in [0.2, 0.25) is 0 Å². The first-order valence-electron chi connectivity index (χ1n) is 34.1. The van der Waals surface area contributed by atoms with Crippen molar-refractivity contribution in [1.29, 1.82) is 0 Å². The molecule has 0 unspecified atom stereocenters. The summed E-state index contributed by atoms with van der Waals surface area (Å²) in [4.78, 5) is 20.6. The maximum Gasteiger partial charge on any atom is 0.0899 e. The first-order chi connectivity index (χ1) is 49.5. The Balaban J connectivity index is 0.852. The highest BCUT2D eigenvalue weighted by molar-refractivity contribution is 6.24. The zero-order valence-electron chi connectivity index (χ0n) is 54.4. The van der Waals surface area contributed by atoms with Gasteiger partial charge in [-0.05, 0) is 238 Å². The topological polar surface area (TPSA) is 51.6 Å². The lowest BCUT2D eigenvalue weighted by Crippen LogP contribution is -1.96. The zero-order valence-corrected chi connectivity index (χ0v) is 54.4. The van der Waals surface area contributed by atoms with E-state index in [1.165, 1.54) is 87.2 Å². The third-order valence-corrected chi connectivity index (χ3v) is 20.1. The highest BCUT2D eigenvalue weighted by atomic mass is 14.8. The van der Waals surface area contributed by atoms with Crippen LogP contribution in [0, 0.1) is 0 Å². The molecule has 100 heavy (non-hydrogen) atoms. The average Bonchev–Trinajstić information content (AvgIpc) is 0.728. The molecule has 0 aliphatic carbocycles. The van der Waals surface area contributed by atoms with E-state index in [-0.39, 0.29) is 0 Å². The number of rotatable bonds is 11. The molecule has 0 atom stereocenters. The Labute approximate surface area is 579 Å². The fourth-order valence-electron chi connectivity index (χ4n) is 15.2. The van der Waals surface area contributed by atoms with E-state index in [1.807, 2.05) is 48.8 Å². The molecule has 464 valence electrons. The standard InChI is InChI=1S/C96H60N4/c1-2-20-66(21-3-1)93-79-25-10-11-26-80(79)96(77-44-37-63-19-6-9-24-71(63)55-77)84-56-74(45-48-81(84)93)78-59-91(100-92(60-78)89-28-13-15-52-98-89)76-47-50-83-86(58-76)95(68-40-33-65(34-41-68)73-43-36-62-18-5-8-23-70(62)54-73)85-57-75(87-29-16-30-90(99-87)88-27-12-14-51-97-88)46-49-82(85)94(83)67-38-31-64(32-39-67)72-42-35-61-17-4-7-22-69(61)53-72/h1-60H. The molecule has 4 nitrogen and oxygen atoms in total. The predicted molar refractivity (Wildman–Crippen MR) is 420 cm³/mol. The molecular formula is C96H60N4. The molecule has 0 spiro atoms. The molecule has 19 aromatic rings. The smallest absolute Gasteiger partial charge is 0.0899 e. The van der Waals surface area contributed by atoms with Crippen molar-refractivity contribution in [3.05, 3.63) is 364 Å². The summed E-state index contributed by atoms with van der Waals surface area (Å²) in [5, 5.41) is 16.5.